The van der Waals surface area contributed by atoms with E-state index in [4.69, 9.17) is 0 Å². The Morgan fingerprint density at radius 1 is 0.818 bits per heavy atom. The van der Waals surface area contributed by atoms with Gasteiger partial charge < -0.3 is 0 Å². The van der Waals surface area contributed by atoms with Crippen LogP contribution in [0.25, 0.3) is 11.1 Å². The molecule has 1 atom stereocenters. The lowest BCUT2D eigenvalue weighted by Gasteiger charge is -2.29. The average Bonchev–Trinajstić information content (AvgIpc) is 2.57. The molecule has 2 aromatic carbocycles. The van der Waals surface area contributed by atoms with Gasteiger partial charge in [0.15, 0.2) is 0 Å². The minimum atomic E-state index is 0.332. The summed E-state index contributed by atoms with van der Waals surface area (Å²) in [4.78, 5) is 0. The number of hydrogen-bond donors (Lipinski definition) is 0. The summed E-state index contributed by atoms with van der Waals surface area (Å²) >= 11 is 3.50. The highest BCUT2D eigenvalue weighted by Gasteiger charge is 2.24. The van der Waals surface area contributed by atoms with E-state index in [9.17, 15) is 0 Å². The number of halogens is 1. The molecule has 0 N–H and O–H groups in total. The predicted octanol–water partition coefficient (Wildman–Crippen LogP) is 6.50. The van der Waals surface area contributed by atoms with Crippen molar-refractivity contribution in [3.8, 4) is 11.1 Å². The zero-order chi connectivity index (χ0) is 15.8. The van der Waals surface area contributed by atoms with Crippen molar-refractivity contribution in [1.82, 2.24) is 0 Å². The summed E-state index contributed by atoms with van der Waals surface area (Å²) in [7, 11) is 0. The van der Waals surface area contributed by atoms with E-state index in [1.54, 1.807) is 0 Å². The summed E-state index contributed by atoms with van der Waals surface area (Å²) in [5.74, 6) is 0.650. The van der Waals surface area contributed by atoms with Gasteiger partial charge in [0.05, 0.1) is 0 Å². The van der Waals surface area contributed by atoms with Gasteiger partial charge >= 0.3 is 0 Å². The third-order valence-corrected chi connectivity index (χ3v) is 4.68. The number of alkyl halides is 1. The lowest BCUT2D eigenvalue weighted by atomic mass is 9.77. The maximum Gasteiger partial charge on any atom is 0.0103 e. The summed E-state index contributed by atoms with van der Waals surface area (Å²) in [6.07, 6.45) is 8.77. The molecule has 1 aliphatic carbocycles. The van der Waals surface area contributed by atoms with Crippen LogP contribution in [0, 0.1) is 11.3 Å². The molecule has 1 unspecified atom stereocenters. The molecule has 114 valence electrons. The number of benzene rings is 2. The van der Waals surface area contributed by atoms with Crippen LogP contribution in [0.15, 0.2) is 85.0 Å². The van der Waals surface area contributed by atoms with Crippen molar-refractivity contribution in [2.24, 2.45) is 11.3 Å². The Bertz CT molecular complexity index is 571. The molecule has 0 saturated carbocycles. The van der Waals surface area contributed by atoms with Crippen LogP contribution in [0.2, 0.25) is 0 Å². The van der Waals surface area contributed by atoms with Gasteiger partial charge in [0.25, 0.3) is 0 Å². The molecule has 1 heteroatoms. The molecule has 0 bridgehead atoms. The van der Waals surface area contributed by atoms with E-state index < -0.39 is 0 Å². The van der Waals surface area contributed by atoms with Gasteiger partial charge in [0.1, 0.15) is 0 Å². The molecule has 0 radical (unpaired) electrons. The Morgan fingerprint density at radius 3 is 1.68 bits per heavy atom. The molecule has 2 aromatic rings. The van der Waals surface area contributed by atoms with Crippen LogP contribution in [0.1, 0.15) is 13.8 Å². The highest BCUT2D eigenvalue weighted by Crippen LogP contribution is 2.33. The molecule has 3 rings (SSSR count). The summed E-state index contributed by atoms with van der Waals surface area (Å²) in [6, 6.07) is 20.8. The normalized spacial score (nSPS) is 18.4. The van der Waals surface area contributed by atoms with Crippen molar-refractivity contribution in [2.75, 3.05) is 5.33 Å². The van der Waals surface area contributed by atoms with E-state index in [-0.39, 0.29) is 0 Å². The van der Waals surface area contributed by atoms with Crippen LogP contribution in [0.5, 0.6) is 0 Å². The lowest BCUT2D eigenvalue weighted by molar-refractivity contribution is 0.371. The zero-order valence-corrected chi connectivity index (χ0v) is 14.8. The number of rotatable bonds is 2. The first-order chi connectivity index (χ1) is 10.6. The average molecular weight is 355 g/mol. The molecule has 0 nitrogen and oxygen atoms in total. The predicted molar refractivity (Wildman–Crippen MR) is 101 cm³/mol. The maximum atomic E-state index is 3.50. The van der Waals surface area contributed by atoms with E-state index in [2.05, 4.69) is 103 Å². The van der Waals surface area contributed by atoms with Gasteiger partial charge in [-0.2, -0.15) is 0 Å². The lowest BCUT2D eigenvalue weighted by Crippen LogP contribution is -2.22. The molecule has 22 heavy (non-hydrogen) atoms. The van der Waals surface area contributed by atoms with Crippen molar-refractivity contribution < 1.29 is 0 Å². The fourth-order valence-corrected chi connectivity index (χ4v) is 3.44. The summed E-state index contributed by atoms with van der Waals surface area (Å²) < 4.78 is 0. The molecule has 0 aromatic heterocycles. The van der Waals surface area contributed by atoms with Gasteiger partial charge in [-0.1, -0.05) is 115 Å². The van der Waals surface area contributed by atoms with Crippen molar-refractivity contribution in [1.29, 1.82) is 0 Å². The molecule has 0 amide bonds. The quantitative estimate of drug-likeness (QED) is 0.539. The first-order valence-corrected chi connectivity index (χ1v) is 8.78. The standard InChI is InChI=1S/C12H10.C9H13Br/c1-3-7-11(8-4-1)12-9-5-2-6-10-12;1-9(2)6-4-3-5-8(9)7-10/h1-10H;3-6,8H,7H2,1-2H3. The minimum Gasteiger partial charge on any atom is -0.0921 e. The molecule has 0 saturated heterocycles. The minimum absolute atomic E-state index is 0.332. The second kappa shape index (κ2) is 8.14. The Balaban J connectivity index is 0.000000164. The number of allylic oxidation sites excluding steroid dienone is 4. The molecular weight excluding hydrogens is 332 g/mol. The monoisotopic (exact) mass is 354 g/mol. The smallest absolute Gasteiger partial charge is 0.0103 e. The molecule has 0 heterocycles. The number of hydrogen-bond acceptors (Lipinski definition) is 0. The van der Waals surface area contributed by atoms with Gasteiger partial charge in [0, 0.05) is 5.33 Å². The fourth-order valence-electron chi connectivity index (χ4n) is 2.38. The SMILES string of the molecule is CC1(C)C=CC=CC1CBr.c1ccc(-c2ccccc2)cc1. The van der Waals surface area contributed by atoms with E-state index >= 15 is 0 Å². The molecule has 0 aliphatic heterocycles. The summed E-state index contributed by atoms with van der Waals surface area (Å²) in [5, 5.41) is 1.06. The molecular formula is C21H23Br. The molecule has 0 fully saturated rings. The fraction of sp³-hybridized carbons (Fsp3) is 0.238. The van der Waals surface area contributed by atoms with E-state index in [0.717, 1.165) is 5.33 Å². The van der Waals surface area contributed by atoms with Crippen LogP contribution in [0.4, 0.5) is 0 Å². The highest BCUT2D eigenvalue weighted by molar-refractivity contribution is 9.09. The zero-order valence-electron chi connectivity index (χ0n) is 13.2. The van der Waals surface area contributed by atoms with Crippen LogP contribution in [0.3, 0.4) is 0 Å². The summed E-state index contributed by atoms with van der Waals surface area (Å²) in [6.45, 7) is 4.53. The Kier molecular flexibility index (Phi) is 6.21. The topological polar surface area (TPSA) is 0 Å². The second-order valence-corrected chi connectivity index (χ2v) is 6.71. The van der Waals surface area contributed by atoms with E-state index in [0.29, 0.717) is 11.3 Å². The van der Waals surface area contributed by atoms with Crippen molar-refractivity contribution in [3.05, 3.63) is 85.0 Å². The Labute approximate surface area is 142 Å². The van der Waals surface area contributed by atoms with Crippen LogP contribution < -0.4 is 0 Å². The van der Waals surface area contributed by atoms with Gasteiger partial charge in [0.2, 0.25) is 0 Å². The van der Waals surface area contributed by atoms with Gasteiger partial charge in [-0.15, -0.1) is 0 Å². The van der Waals surface area contributed by atoms with Crippen molar-refractivity contribution in [2.45, 2.75) is 13.8 Å². The van der Waals surface area contributed by atoms with Gasteiger partial charge in [-0.25, -0.2) is 0 Å². The summed E-state index contributed by atoms with van der Waals surface area (Å²) in [5.41, 5.74) is 2.88. The maximum absolute atomic E-state index is 3.50. The largest absolute Gasteiger partial charge is 0.0921 e. The molecule has 0 spiro atoms. The van der Waals surface area contributed by atoms with Crippen LogP contribution in [-0.2, 0) is 0 Å². The van der Waals surface area contributed by atoms with E-state index in [1.165, 1.54) is 11.1 Å². The highest BCUT2D eigenvalue weighted by atomic mass is 79.9. The first-order valence-electron chi connectivity index (χ1n) is 7.66. The second-order valence-electron chi connectivity index (χ2n) is 6.06. The first kappa shape index (κ1) is 16.8. The van der Waals surface area contributed by atoms with E-state index in [1.807, 2.05) is 12.1 Å². The van der Waals surface area contributed by atoms with Gasteiger partial charge in [-0.3, -0.25) is 0 Å². The third-order valence-electron chi connectivity index (χ3n) is 3.98. The van der Waals surface area contributed by atoms with Crippen LogP contribution >= 0.6 is 15.9 Å². The van der Waals surface area contributed by atoms with Crippen molar-refractivity contribution in [3.63, 3.8) is 0 Å². The molecule has 1 aliphatic rings. The van der Waals surface area contributed by atoms with Gasteiger partial charge in [-0.05, 0) is 22.5 Å². The third kappa shape index (κ3) is 4.71. The Morgan fingerprint density at radius 2 is 1.32 bits per heavy atom. The van der Waals surface area contributed by atoms with Crippen LogP contribution in [-0.4, -0.2) is 5.33 Å². The van der Waals surface area contributed by atoms with Crippen molar-refractivity contribution >= 4 is 15.9 Å². The Hall–Kier alpha value is -1.60.